The zero-order valence-electron chi connectivity index (χ0n) is 11.9. The molecule has 0 spiro atoms. The first-order valence-electron chi connectivity index (χ1n) is 6.77. The van der Waals surface area contributed by atoms with E-state index in [1.807, 2.05) is 37.4 Å². The van der Waals surface area contributed by atoms with E-state index in [-0.39, 0.29) is 17.2 Å². The summed E-state index contributed by atoms with van der Waals surface area (Å²) in [6.07, 6.45) is 0.820. The molecule has 0 aliphatic carbocycles. The van der Waals surface area contributed by atoms with Gasteiger partial charge in [-0.25, -0.2) is 5.10 Å². The minimum Gasteiger partial charge on any atom is -0.375 e. The molecule has 0 aliphatic heterocycles. The summed E-state index contributed by atoms with van der Waals surface area (Å²) >= 11 is 0. The van der Waals surface area contributed by atoms with E-state index < -0.39 is 0 Å². The first-order chi connectivity index (χ1) is 10.2. The number of para-hydroxylation sites is 1. The van der Waals surface area contributed by atoms with Crippen LogP contribution >= 0.6 is 0 Å². The van der Waals surface area contributed by atoms with Crippen LogP contribution < -0.4 is 15.8 Å². The fourth-order valence-corrected chi connectivity index (χ4v) is 1.89. The predicted molar refractivity (Wildman–Crippen MR) is 81.5 cm³/mol. The molecule has 1 aromatic heterocycles. The fourth-order valence-electron chi connectivity index (χ4n) is 1.89. The van der Waals surface area contributed by atoms with E-state index in [0.717, 1.165) is 18.7 Å². The lowest BCUT2D eigenvalue weighted by molar-refractivity contribution is 0.0947. The molecule has 0 radical (unpaired) electrons. The van der Waals surface area contributed by atoms with E-state index in [0.29, 0.717) is 6.54 Å². The molecule has 6 heteroatoms. The molecule has 0 atom stereocenters. The standard InChI is InChI=1S/C15H18N4O2/c1-19(12-6-3-2-4-7-12)11-5-10-16-15(21)13-8-9-14(20)18-17-13/h2-4,6-9H,5,10-11H2,1H3,(H,16,21)(H,18,20). The third-order valence-electron chi connectivity index (χ3n) is 3.06. The van der Waals surface area contributed by atoms with Crippen LogP contribution in [0.4, 0.5) is 5.69 Å². The van der Waals surface area contributed by atoms with Gasteiger partial charge in [0.1, 0.15) is 5.69 Å². The lowest BCUT2D eigenvalue weighted by Gasteiger charge is -2.19. The number of aromatic nitrogens is 2. The Morgan fingerprint density at radius 1 is 1.24 bits per heavy atom. The van der Waals surface area contributed by atoms with Crippen LogP contribution in [0.15, 0.2) is 47.3 Å². The molecule has 2 aromatic rings. The van der Waals surface area contributed by atoms with Gasteiger partial charge in [-0.3, -0.25) is 9.59 Å². The number of amides is 1. The number of hydrogen-bond donors (Lipinski definition) is 2. The monoisotopic (exact) mass is 286 g/mol. The number of hydrogen-bond acceptors (Lipinski definition) is 4. The average Bonchev–Trinajstić information content (AvgIpc) is 2.52. The van der Waals surface area contributed by atoms with Crippen LogP contribution in [0, 0.1) is 0 Å². The SMILES string of the molecule is CN(CCCNC(=O)c1ccc(=O)[nH]n1)c1ccccc1. The molecule has 110 valence electrons. The second kappa shape index (κ2) is 7.23. The lowest BCUT2D eigenvalue weighted by atomic mass is 10.3. The van der Waals surface area contributed by atoms with Crippen LogP contribution in [0.5, 0.6) is 0 Å². The molecule has 0 aliphatic rings. The smallest absolute Gasteiger partial charge is 0.271 e. The molecule has 1 amide bonds. The lowest BCUT2D eigenvalue weighted by Crippen LogP contribution is -2.29. The van der Waals surface area contributed by atoms with E-state index in [1.165, 1.54) is 12.1 Å². The Kier molecular flexibility index (Phi) is 5.09. The van der Waals surface area contributed by atoms with Crippen LogP contribution in [0.1, 0.15) is 16.9 Å². The van der Waals surface area contributed by atoms with Gasteiger partial charge in [-0.15, -0.1) is 0 Å². The van der Waals surface area contributed by atoms with Gasteiger partial charge in [0, 0.05) is 31.9 Å². The van der Waals surface area contributed by atoms with Gasteiger partial charge in [0.15, 0.2) is 0 Å². The van der Waals surface area contributed by atoms with Gasteiger partial charge in [-0.2, -0.15) is 5.10 Å². The molecular weight excluding hydrogens is 268 g/mol. The van der Waals surface area contributed by atoms with Gasteiger partial charge in [0.25, 0.3) is 11.5 Å². The Morgan fingerprint density at radius 3 is 2.67 bits per heavy atom. The van der Waals surface area contributed by atoms with Crippen molar-refractivity contribution in [1.29, 1.82) is 0 Å². The average molecular weight is 286 g/mol. The van der Waals surface area contributed by atoms with E-state index in [2.05, 4.69) is 20.4 Å². The molecule has 1 heterocycles. The van der Waals surface area contributed by atoms with E-state index in [4.69, 9.17) is 0 Å². The Labute approximate surface area is 122 Å². The molecule has 0 saturated heterocycles. The molecule has 1 aromatic carbocycles. The largest absolute Gasteiger partial charge is 0.375 e. The number of nitrogens with one attached hydrogen (secondary N) is 2. The van der Waals surface area contributed by atoms with E-state index in [1.54, 1.807) is 0 Å². The van der Waals surface area contributed by atoms with Crippen molar-refractivity contribution < 1.29 is 4.79 Å². The van der Waals surface area contributed by atoms with E-state index in [9.17, 15) is 9.59 Å². The quantitative estimate of drug-likeness (QED) is 0.777. The predicted octanol–water partition coefficient (Wildman–Crippen LogP) is 1.03. The molecule has 2 N–H and O–H groups in total. The zero-order chi connectivity index (χ0) is 15.1. The summed E-state index contributed by atoms with van der Waals surface area (Å²) in [5.41, 5.74) is 1.04. The van der Waals surface area contributed by atoms with E-state index >= 15 is 0 Å². The topological polar surface area (TPSA) is 78.1 Å². The molecular formula is C15H18N4O2. The van der Waals surface area contributed by atoms with Crippen molar-refractivity contribution in [3.8, 4) is 0 Å². The van der Waals surface area contributed by atoms with Crippen LogP contribution in [0.2, 0.25) is 0 Å². The minimum absolute atomic E-state index is 0.214. The van der Waals surface area contributed by atoms with Gasteiger partial charge in [-0.1, -0.05) is 18.2 Å². The molecule has 21 heavy (non-hydrogen) atoms. The van der Waals surface area contributed by atoms with Crippen molar-refractivity contribution in [2.75, 3.05) is 25.0 Å². The van der Waals surface area contributed by atoms with Crippen molar-refractivity contribution >= 4 is 11.6 Å². The number of carbonyl (C=O) groups excluding carboxylic acids is 1. The molecule has 2 rings (SSSR count). The summed E-state index contributed by atoms with van der Waals surface area (Å²) in [6.45, 7) is 1.39. The fraction of sp³-hybridized carbons (Fsp3) is 0.267. The summed E-state index contributed by atoms with van der Waals surface area (Å²) in [6, 6.07) is 12.8. The summed E-state index contributed by atoms with van der Waals surface area (Å²) in [4.78, 5) is 24.7. The number of benzene rings is 1. The summed E-state index contributed by atoms with van der Waals surface area (Å²) in [5, 5.41) is 8.69. The molecule has 0 bridgehead atoms. The zero-order valence-corrected chi connectivity index (χ0v) is 11.9. The number of nitrogens with zero attached hydrogens (tertiary/aromatic N) is 2. The number of anilines is 1. The molecule has 6 nitrogen and oxygen atoms in total. The third kappa shape index (κ3) is 4.45. The number of aromatic amines is 1. The number of H-pyrrole nitrogens is 1. The Morgan fingerprint density at radius 2 is 2.00 bits per heavy atom. The highest BCUT2D eigenvalue weighted by Crippen LogP contribution is 2.10. The molecule has 0 fully saturated rings. The Bertz CT molecular complexity index is 619. The van der Waals surface area contributed by atoms with Crippen molar-refractivity contribution in [3.63, 3.8) is 0 Å². The highest BCUT2D eigenvalue weighted by molar-refractivity contribution is 5.91. The van der Waals surface area contributed by atoms with Crippen molar-refractivity contribution in [2.45, 2.75) is 6.42 Å². The number of carbonyl (C=O) groups is 1. The van der Waals surface area contributed by atoms with Gasteiger partial charge < -0.3 is 10.2 Å². The van der Waals surface area contributed by atoms with Gasteiger partial charge in [0.2, 0.25) is 0 Å². The summed E-state index contributed by atoms with van der Waals surface area (Å²) < 4.78 is 0. The maximum absolute atomic E-state index is 11.8. The first-order valence-corrected chi connectivity index (χ1v) is 6.77. The maximum Gasteiger partial charge on any atom is 0.271 e. The van der Waals surface area contributed by atoms with Crippen LogP contribution in [0.25, 0.3) is 0 Å². The summed E-state index contributed by atoms with van der Waals surface area (Å²) in [5.74, 6) is -0.284. The van der Waals surface area contributed by atoms with Crippen molar-refractivity contribution in [1.82, 2.24) is 15.5 Å². The molecule has 0 unspecified atom stereocenters. The second-order valence-electron chi connectivity index (χ2n) is 4.67. The van der Waals surface area contributed by atoms with Crippen LogP contribution in [0.3, 0.4) is 0 Å². The van der Waals surface area contributed by atoms with Crippen molar-refractivity contribution in [2.24, 2.45) is 0 Å². The van der Waals surface area contributed by atoms with Gasteiger partial charge in [0.05, 0.1) is 0 Å². The number of rotatable bonds is 6. The first kappa shape index (κ1) is 14.8. The normalized spacial score (nSPS) is 10.1. The highest BCUT2D eigenvalue weighted by atomic mass is 16.2. The van der Waals surface area contributed by atoms with Crippen molar-refractivity contribution in [3.05, 3.63) is 58.5 Å². The van der Waals surface area contributed by atoms with Gasteiger partial charge >= 0.3 is 0 Å². The minimum atomic E-state index is -0.323. The summed E-state index contributed by atoms with van der Waals surface area (Å²) in [7, 11) is 2.01. The third-order valence-corrected chi connectivity index (χ3v) is 3.06. The Hall–Kier alpha value is -2.63. The van der Waals surface area contributed by atoms with Crippen LogP contribution in [-0.4, -0.2) is 36.2 Å². The van der Waals surface area contributed by atoms with Crippen LogP contribution in [-0.2, 0) is 0 Å². The highest BCUT2D eigenvalue weighted by Gasteiger charge is 2.06. The Balaban J connectivity index is 1.73. The maximum atomic E-state index is 11.8. The van der Waals surface area contributed by atoms with Gasteiger partial charge in [-0.05, 0) is 24.6 Å². The second-order valence-corrected chi connectivity index (χ2v) is 4.67. The molecule has 0 saturated carbocycles.